The van der Waals surface area contributed by atoms with Crippen LogP contribution in [0.15, 0.2) is 6.20 Å². The van der Waals surface area contributed by atoms with Crippen LogP contribution in [-0.4, -0.2) is 50.5 Å². The Morgan fingerprint density at radius 2 is 2.43 bits per heavy atom. The predicted octanol–water partition coefficient (Wildman–Crippen LogP) is -1.09. The van der Waals surface area contributed by atoms with E-state index in [0.29, 0.717) is 6.61 Å². The summed E-state index contributed by atoms with van der Waals surface area (Å²) in [7, 11) is 0. The van der Waals surface area contributed by atoms with Gasteiger partial charge in [-0.25, -0.2) is 9.48 Å². The Bertz CT molecular complexity index is 350. The van der Waals surface area contributed by atoms with Crippen molar-refractivity contribution in [1.29, 1.82) is 0 Å². The van der Waals surface area contributed by atoms with E-state index in [-0.39, 0.29) is 18.3 Å². The highest BCUT2D eigenvalue weighted by Crippen LogP contribution is 2.18. The lowest BCUT2D eigenvalue weighted by molar-refractivity contribution is 0.0690. The second kappa shape index (κ2) is 3.35. The first-order valence-electron chi connectivity index (χ1n) is 4.09. The number of ether oxygens (including phenoxy) is 1. The molecule has 2 heterocycles. The van der Waals surface area contributed by atoms with Crippen LogP contribution in [0.2, 0.25) is 0 Å². The van der Waals surface area contributed by atoms with E-state index in [1.54, 1.807) is 0 Å². The maximum absolute atomic E-state index is 10.5. The highest BCUT2D eigenvalue weighted by Gasteiger charge is 2.29. The average Bonchev–Trinajstić information content (AvgIpc) is 2.71. The van der Waals surface area contributed by atoms with Gasteiger partial charge in [0.1, 0.15) is 12.1 Å². The normalized spacial score (nSPS) is 26.6. The molecule has 2 N–H and O–H groups in total. The first-order valence-corrected chi connectivity index (χ1v) is 4.09. The summed E-state index contributed by atoms with van der Waals surface area (Å²) in [5.41, 5.74) is -0.135. The smallest absolute Gasteiger partial charge is 0.358 e. The van der Waals surface area contributed by atoms with E-state index in [0.717, 1.165) is 0 Å². The molecular weight excluding hydrogens is 190 g/mol. The summed E-state index contributed by atoms with van der Waals surface area (Å²) in [5, 5.41) is 25.1. The molecule has 0 unspecified atom stereocenters. The molecule has 0 spiro atoms. The molecule has 0 saturated carbocycles. The summed E-state index contributed by atoms with van der Waals surface area (Å²) in [4.78, 5) is 10.5. The fraction of sp³-hybridized carbons (Fsp3) is 0.571. The van der Waals surface area contributed by atoms with Crippen molar-refractivity contribution in [3.05, 3.63) is 11.9 Å². The number of rotatable bonds is 2. The molecule has 7 nitrogen and oxygen atoms in total. The molecule has 1 aliphatic rings. The van der Waals surface area contributed by atoms with Gasteiger partial charge in [-0.15, -0.1) is 5.10 Å². The van der Waals surface area contributed by atoms with Crippen LogP contribution in [0.1, 0.15) is 16.5 Å². The molecule has 2 rings (SSSR count). The molecule has 1 saturated heterocycles. The van der Waals surface area contributed by atoms with Crippen molar-refractivity contribution in [3.63, 3.8) is 0 Å². The number of aliphatic hydroxyl groups excluding tert-OH is 1. The van der Waals surface area contributed by atoms with Crippen LogP contribution < -0.4 is 0 Å². The quantitative estimate of drug-likeness (QED) is 0.628. The number of carboxylic acids is 1. The number of nitrogens with zero attached hydrogens (tertiary/aromatic N) is 3. The fourth-order valence-corrected chi connectivity index (χ4v) is 1.32. The van der Waals surface area contributed by atoms with Crippen LogP contribution in [0.3, 0.4) is 0 Å². The fourth-order valence-electron chi connectivity index (χ4n) is 1.32. The molecule has 14 heavy (non-hydrogen) atoms. The van der Waals surface area contributed by atoms with E-state index in [1.165, 1.54) is 10.9 Å². The molecule has 0 aliphatic carbocycles. The molecule has 7 heteroatoms. The van der Waals surface area contributed by atoms with E-state index >= 15 is 0 Å². The summed E-state index contributed by atoms with van der Waals surface area (Å²) in [6.07, 6.45) is 0.628. The van der Waals surface area contributed by atoms with Gasteiger partial charge in [-0.05, 0) is 0 Å². The van der Waals surface area contributed by atoms with Gasteiger partial charge in [0.05, 0.1) is 19.4 Å². The molecule has 76 valence electrons. The minimum atomic E-state index is -1.13. The number of hydrogen-bond donors (Lipinski definition) is 2. The first-order chi connectivity index (χ1) is 6.68. The zero-order valence-electron chi connectivity index (χ0n) is 7.20. The average molecular weight is 199 g/mol. The van der Waals surface area contributed by atoms with Crippen LogP contribution in [-0.2, 0) is 4.74 Å². The van der Waals surface area contributed by atoms with Gasteiger partial charge in [0.15, 0.2) is 5.69 Å². The number of carbonyl (C=O) groups is 1. The Balaban J connectivity index is 2.20. The lowest BCUT2D eigenvalue weighted by Gasteiger charge is -2.10. The van der Waals surface area contributed by atoms with Gasteiger partial charge in [0.2, 0.25) is 0 Å². The van der Waals surface area contributed by atoms with E-state index in [1.807, 2.05) is 0 Å². The lowest BCUT2D eigenvalue weighted by Crippen LogP contribution is -2.22. The topological polar surface area (TPSA) is 97.5 Å². The number of aromatic nitrogens is 3. The monoisotopic (exact) mass is 199 g/mol. The summed E-state index contributed by atoms with van der Waals surface area (Å²) in [6.45, 7) is 0.566. The molecule has 1 aliphatic heterocycles. The molecular formula is C7H9N3O4. The predicted molar refractivity (Wildman–Crippen MR) is 42.8 cm³/mol. The van der Waals surface area contributed by atoms with Crippen molar-refractivity contribution in [2.75, 3.05) is 13.2 Å². The van der Waals surface area contributed by atoms with Gasteiger partial charge in [-0.1, -0.05) is 5.21 Å². The largest absolute Gasteiger partial charge is 0.476 e. The zero-order valence-corrected chi connectivity index (χ0v) is 7.20. The Morgan fingerprint density at radius 1 is 1.64 bits per heavy atom. The van der Waals surface area contributed by atoms with Crippen molar-refractivity contribution >= 4 is 5.97 Å². The third kappa shape index (κ3) is 1.47. The Kier molecular flexibility index (Phi) is 2.18. The van der Waals surface area contributed by atoms with Crippen LogP contribution in [0.5, 0.6) is 0 Å². The van der Waals surface area contributed by atoms with Crippen LogP contribution in [0.4, 0.5) is 0 Å². The highest BCUT2D eigenvalue weighted by molar-refractivity contribution is 5.84. The van der Waals surface area contributed by atoms with Crippen molar-refractivity contribution in [2.45, 2.75) is 12.1 Å². The molecule has 1 aromatic heterocycles. The minimum Gasteiger partial charge on any atom is -0.476 e. The maximum Gasteiger partial charge on any atom is 0.358 e. The summed E-state index contributed by atoms with van der Waals surface area (Å²) in [5.74, 6) is -1.13. The Hall–Kier alpha value is -1.47. The van der Waals surface area contributed by atoms with Crippen LogP contribution >= 0.6 is 0 Å². The zero-order chi connectivity index (χ0) is 10.1. The molecule has 1 aromatic rings. The Morgan fingerprint density at radius 3 is 2.93 bits per heavy atom. The molecule has 0 bridgehead atoms. The minimum absolute atomic E-state index is 0.135. The Labute approximate surface area is 78.9 Å². The van der Waals surface area contributed by atoms with Gasteiger partial charge in [-0.2, -0.15) is 0 Å². The lowest BCUT2D eigenvalue weighted by atomic mass is 10.2. The van der Waals surface area contributed by atoms with Gasteiger partial charge < -0.3 is 14.9 Å². The van der Waals surface area contributed by atoms with Crippen LogP contribution in [0, 0.1) is 0 Å². The second-order valence-corrected chi connectivity index (χ2v) is 3.06. The van der Waals surface area contributed by atoms with Gasteiger partial charge in [0, 0.05) is 0 Å². The van der Waals surface area contributed by atoms with E-state index in [2.05, 4.69) is 10.3 Å². The maximum atomic E-state index is 10.5. The summed E-state index contributed by atoms with van der Waals surface area (Å²) in [6, 6.07) is -0.337. The molecule has 2 atom stereocenters. The number of aliphatic hydroxyl groups is 1. The van der Waals surface area contributed by atoms with E-state index < -0.39 is 12.1 Å². The standard InChI is InChI=1S/C7H9N3O4/c11-6-3-14-2-5(6)10-1-4(7(12)13)8-9-10/h1,5-6,11H,2-3H2,(H,12,13)/t5-,6-/m1/s1. The number of hydrogen-bond acceptors (Lipinski definition) is 5. The number of aromatic carboxylic acids is 1. The van der Waals surface area contributed by atoms with E-state index in [9.17, 15) is 9.90 Å². The van der Waals surface area contributed by atoms with Gasteiger partial charge in [0.25, 0.3) is 0 Å². The highest BCUT2D eigenvalue weighted by atomic mass is 16.5. The molecule has 0 aromatic carbocycles. The van der Waals surface area contributed by atoms with Crippen molar-refractivity contribution in [2.24, 2.45) is 0 Å². The number of carboxylic acid groups (broad SMARTS) is 1. The van der Waals surface area contributed by atoms with Gasteiger partial charge in [-0.3, -0.25) is 0 Å². The van der Waals surface area contributed by atoms with Crippen molar-refractivity contribution in [3.8, 4) is 0 Å². The summed E-state index contributed by atoms with van der Waals surface area (Å²) >= 11 is 0. The van der Waals surface area contributed by atoms with Crippen molar-refractivity contribution in [1.82, 2.24) is 15.0 Å². The third-order valence-electron chi connectivity index (χ3n) is 2.09. The third-order valence-corrected chi connectivity index (χ3v) is 2.09. The molecule has 0 amide bonds. The SMILES string of the molecule is O=C(O)c1cn([C@@H]2COC[C@H]2O)nn1. The van der Waals surface area contributed by atoms with E-state index in [4.69, 9.17) is 9.84 Å². The van der Waals surface area contributed by atoms with Gasteiger partial charge >= 0.3 is 5.97 Å². The molecule has 1 fully saturated rings. The van der Waals surface area contributed by atoms with Crippen LogP contribution in [0.25, 0.3) is 0 Å². The van der Waals surface area contributed by atoms with Crippen molar-refractivity contribution < 1.29 is 19.7 Å². The molecule has 0 radical (unpaired) electrons. The first kappa shape index (κ1) is 9.10. The summed E-state index contributed by atoms with van der Waals surface area (Å²) < 4.78 is 6.33. The second-order valence-electron chi connectivity index (χ2n) is 3.06.